The third-order valence-electron chi connectivity index (χ3n) is 6.29. The lowest BCUT2D eigenvalue weighted by atomic mass is 9.98. The summed E-state index contributed by atoms with van der Waals surface area (Å²) in [4.78, 5) is 44.9. The number of aromatic nitrogens is 2. The van der Waals surface area contributed by atoms with Crippen LogP contribution in [0, 0.1) is 12.8 Å². The Labute approximate surface area is 204 Å². The van der Waals surface area contributed by atoms with Gasteiger partial charge in [-0.25, -0.2) is 4.98 Å². The number of nitrogens with one attached hydrogen (secondary N) is 2. The average molecular weight is 502 g/mol. The number of hydrogen-bond donors (Lipinski definition) is 2. The van der Waals surface area contributed by atoms with E-state index in [0.717, 1.165) is 6.07 Å². The number of nitrogens with zero attached hydrogens (tertiary/aromatic N) is 2. The molecule has 1 aliphatic heterocycles. The Bertz CT molecular complexity index is 1370. The van der Waals surface area contributed by atoms with Gasteiger partial charge in [0.2, 0.25) is 0 Å². The molecule has 2 N–H and O–H groups in total. The smallest absolute Gasteiger partial charge is 0.416 e. The number of rotatable bonds is 5. The van der Waals surface area contributed by atoms with Crippen LogP contribution in [0.1, 0.15) is 46.7 Å². The molecule has 0 bridgehead atoms. The van der Waals surface area contributed by atoms with Gasteiger partial charge in [0, 0.05) is 30.4 Å². The van der Waals surface area contributed by atoms with Crippen LogP contribution in [0.5, 0.6) is 0 Å². The van der Waals surface area contributed by atoms with E-state index in [2.05, 4.69) is 15.3 Å². The molecule has 0 unspecified atom stereocenters. The number of hydrogen-bond acceptors (Lipinski definition) is 6. The van der Waals surface area contributed by atoms with Crippen LogP contribution in [-0.2, 0) is 15.7 Å². The molecule has 0 saturated carbocycles. The quantitative estimate of drug-likeness (QED) is 0.510. The van der Waals surface area contributed by atoms with E-state index in [1.54, 1.807) is 36.1 Å². The number of carbonyl (C=O) groups is 2. The SMILES string of the molecule is COC(=O)[C@@H]1CCN(C(=O)c2ccc(N[C@@H](C)c3cc4c(=O)[nH]c(C)nc4cc3C(F)(F)F)cc2)C1. The summed E-state index contributed by atoms with van der Waals surface area (Å²) in [5, 5.41) is 3.08. The number of H-pyrrole nitrogens is 1. The third-order valence-corrected chi connectivity index (χ3v) is 6.29. The van der Waals surface area contributed by atoms with Gasteiger partial charge in [0.05, 0.1) is 29.5 Å². The minimum Gasteiger partial charge on any atom is -0.469 e. The summed E-state index contributed by atoms with van der Waals surface area (Å²) in [5.41, 5.74) is -0.631. The molecule has 8 nitrogen and oxygen atoms in total. The Morgan fingerprint density at radius 3 is 2.56 bits per heavy atom. The zero-order valence-electron chi connectivity index (χ0n) is 19.9. The standard InChI is InChI=1S/C25H25F3N4O4/c1-13(18-10-19-21(11-20(18)25(26,27)28)30-14(2)31-22(19)33)29-17-6-4-15(5-7-17)23(34)32-9-8-16(12-32)24(35)36-3/h4-7,10-11,13,16,29H,8-9,12H2,1-3H3,(H,30,31,33)/t13-,16+/m0/s1. The Balaban J connectivity index is 1.55. The molecule has 3 aromatic rings. The first kappa shape index (κ1) is 25.2. The molecular weight excluding hydrogens is 477 g/mol. The van der Waals surface area contributed by atoms with E-state index in [1.807, 2.05) is 0 Å². The van der Waals surface area contributed by atoms with Gasteiger partial charge >= 0.3 is 12.1 Å². The van der Waals surface area contributed by atoms with Crippen molar-refractivity contribution in [3.63, 3.8) is 0 Å². The third kappa shape index (κ3) is 5.05. The summed E-state index contributed by atoms with van der Waals surface area (Å²) < 4.78 is 46.3. The van der Waals surface area contributed by atoms with Gasteiger partial charge in [0.15, 0.2) is 0 Å². The summed E-state index contributed by atoms with van der Waals surface area (Å²) in [6.45, 7) is 3.77. The summed E-state index contributed by atoms with van der Waals surface area (Å²) in [6, 6.07) is 7.64. The Morgan fingerprint density at radius 2 is 1.92 bits per heavy atom. The fraction of sp³-hybridized carbons (Fsp3) is 0.360. The number of esters is 1. The highest BCUT2D eigenvalue weighted by atomic mass is 19.4. The van der Waals surface area contributed by atoms with E-state index in [4.69, 9.17) is 4.74 Å². The number of likely N-dealkylation sites (tertiary alicyclic amines) is 1. The summed E-state index contributed by atoms with van der Waals surface area (Å²) in [5.74, 6) is -0.712. The van der Waals surface area contributed by atoms with Crippen LogP contribution in [-0.4, -0.2) is 46.9 Å². The predicted molar refractivity (Wildman–Crippen MR) is 127 cm³/mol. The molecule has 1 aliphatic rings. The number of halogens is 3. The molecule has 1 aromatic heterocycles. The minimum atomic E-state index is -4.65. The second kappa shape index (κ2) is 9.63. The van der Waals surface area contributed by atoms with Crippen molar-refractivity contribution in [2.75, 3.05) is 25.5 Å². The maximum atomic E-state index is 13.9. The number of methoxy groups -OCH3 is 1. The van der Waals surface area contributed by atoms with E-state index >= 15 is 0 Å². The summed E-state index contributed by atoms with van der Waals surface area (Å²) >= 11 is 0. The lowest BCUT2D eigenvalue weighted by Crippen LogP contribution is -2.30. The Hall–Kier alpha value is -3.89. The highest BCUT2D eigenvalue weighted by Gasteiger charge is 2.36. The molecule has 2 aromatic carbocycles. The van der Waals surface area contributed by atoms with Crippen LogP contribution >= 0.6 is 0 Å². The van der Waals surface area contributed by atoms with Gasteiger partial charge in [-0.3, -0.25) is 14.4 Å². The average Bonchev–Trinajstić information content (AvgIpc) is 3.32. The zero-order chi connectivity index (χ0) is 26.2. The second-order valence-electron chi connectivity index (χ2n) is 8.81. The second-order valence-corrected chi connectivity index (χ2v) is 8.81. The maximum Gasteiger partial charge on any atom is 0.416 e. The first-order valence-electron chi connectivity index (χ1n) is 11.3. The van der Waals surface area contributed by atoms with Gasteiger partial charge in [-0.15, -0.1) is 0 Å². The van der Waals surface area contributed by atoms with E-state index in [-0.39, 0.29) is 46.6 Å². The van der Waals surface area contributed by atoms with Crippen molar-refractivity contribution in [3.8, 4) is 0 Å². The molecule has 2 heterocycles. The van der Waals surface area contributed by atoms with E-state index in [1.165, 1.54) is 20.1 Å². The topological polar surface area (TPSA) is 104 Å². The van der Waals surface area contributed by atoms with Crippen LogP contribution in [0.2, 0.25) is 0 Å². The van der Waals surface area contributed by atoms with E-state index in [9.17, 15) is 27.6 Å². The molecule has 0 spiro atoms. The fourth-order valence-corrected chi connectivity index (χ4v) is 4.45. The molecule has 11 heteroatoms. The van der Waals surface area contributed by atoms with E-state index in [0.29, 0.717) is 24.2 Å². The zero-order valence-corrected chi connectivity index (χ0v) is 19.9. The monoisotopic (exact) mass is 502 g/mol. The molecular formula is C25H25F3N4O4. The number of amides is 1. The molecule has 1 fully saturated rings. The van der Waals surface area contributed by atoms with Gasteiger partial charge in [0.1, 0.15) is 5.82 Å². The van der Waals surface area contributed by atoms with Crippen LogP contribution < -0.4 is 10.9 Å². The van der Waals surface area contributed by atoms with Crippen LogP contribution in [0.15, 0.2) is 41.2 Å². The molecule has 1 amide bonds. The molecule has 190 valence electrons. The van der Waals surface area contributed by atoms with Crippen LogP contribution in [0.25, 0.3) is 10.9 Å². The summed E-state index contributed by atoms with van der Waals surface area (Å²) in [6.07, 6.45) is -4.12. The highest BCUT2D eigenvalue weighted by molar-refractivity contribution is 5.95. The number of aryl methyl sites for hydroxylation is 1. The van der Waals surface area contributed by atoms with Crippen LogP contribution in [0.4, 0.5) is 18.9 Å². The minimum absolute atomic E-state index is 0.0289. The van der Waals surface area contributed by atoms with Gasteiger partial charge in [-0.2, -0.15) is 13.2 Å². The molecule has 4 rings (SSSR count). The van der Waals surface area contributed by atoms with Crippen molar-refractivity contribution in [2.24, 2.45) is 5.92 Å². The van der Waals surface area contributed by atoms with Gasteiger partial charge < -0.3 is 19.9 Å². The predicted octanol–water partition coefficient (Wildman–Crippen LogP) is 4.06. The number of carbonyl (C=O) groups excluding carboxylic acids is 2. The van der Waals surface area contributed by atoms with Crippen molar-refractivity contribution in [1.29, 1.82) is 0 Å². The van der Waals surface area contributed by atoms with Crippen molar-refractivity contribution in [1.82, 2.24) is 14.9 Å². The molecule has 1 saturated heterocycles. The number of anilines is 1. The van der Waals surface area contributed by atoms with Gasteiger partial charge in [-0.1, -0.05) is 0 Å². The van der Waals surface area contributed by atoms with Crippen molar-refractivity contribution in [3.05, 3.63) is 69.3 Å². The fourth-order valence-electron chi connectivity index (χ4n) is 4.45. The van der Waals surface area contributed by atoms with Crippen molar-refractivity contribution < 1.29 is 27.5 Å². The Morgan fingerprint density at radius 1 is 1.22 bits per heavy atom. The van der Waals surface area contributed by atoms with Gasteiger partial charge in [0.25, 0.3) is 11.5 Å². The van der Waals surface area contributed by atoms with Crippen molar-refractivity contribution in [2.45, 2.75) is 32.5 Å². The maximum absolute atomic E-state index is 13.9. The highest BCUT2D eigenvalue weighted by Crippen LogP contribution is 2.37. The number of alkyl halides is 3. The molecule has 0 radical (unpaired) electrons. The number of benzene rings is 2. The number of aromatic amines is 1. The van der Waals surface area contributed by atoms with Gasteiger partial charge in [-0.05, 0) is 62.2 Å². The Kier molecular flexibility index (Phi) is 6.75. The largest absolute Gasteiger partial charge is 0.469 e. The number of ether oxygens (including phenoxy) is 1. The lowest BCUT2D eigenvalue weighted by molar-refractivity contribution is -0.144. The first-order chi connectivity index (χ1) is 17.0. The first-order valence-corrected chi connectivity index (χ1v) is 11.3. The molecule has 36 heavy (non-hydrogen) atoms. The molecule has 2 atom stereocenters. The van der Waals surface area contributed by atoms with Crippen LogP contribution in [0.3, 0.4) is 0 Å². The van der Waals surface area contributed by atoms with Crippen molar-refractivity contribution >= 4 is 28.5 Å². The lowest BCUT2D eigenvalue weighted by Gasteiger charge is -2.21. The normalized spacial score (nSPS) is 16.7. The molecule has 0 aliphatic carbocycles. The summed E-state index contributed by atoms with van der Waals surface area (Å²) in [7, 11) is 1.31. The number of fused-ring (bicyclic) bond motifs is 1. The van der Waals surface area contributed by atoms with E-state index < -0.39 is 23.3 Å².